The van der Waals surface area contributed by atoms with Crippen molar-refractivity contribution in [3.8, 4) is 11.6 Å². The number of benzene rings is 1. The van der Waals surface area contributed by atoms with Crippen molar-refractivity contribution in [2.45, 2.75) is 70.6 Å². The third kappa shape index (κ3) is 7.76. The minimum Gasteiger partial charge on any atom is -0.476 e. The molecule has 45 heavy (non-hydrogen) atoms. The monoisotopic (exact) mass is 667 g/mol. The number of nitrogens with zero attached hydrogens (tertiary/aromatic N) is 7. The molecular weight excluding hydrogens is 633 g/mol. The number of carbonyl (C=O) groups is 1. The number of esters is 1. The Bertz CT molecular complexity index is 1590. The van der Waals surface area contributed by atoms with E-state index in [0.717, 1.165) is 6.42 Å². The summed E-state index contributed by atoms with van der Waals surface area (Å²) in [5.41, 5.74) is 14.1. The van der Waals surface area contributed by atoms with E-state index in [1.807, 2.05) is 6.92 Å². The van der Waals surface area contributed by atoms with Crippen molar-refractivity contribution in [1.29, 1.82) is 0 Å². The minimum absolute atomic E-state index is 0.106. The number of nitrogen functional groups attached to an aromatic ring is 1. The zero-order chi connectivity index (χ0) is 32.8. The molecule has 4 N–H and O–H groups in total. The van der Waals surface area contributed by atoms with E-state index in [1.165, 1.54) is 49.0 Å². The number of hydrogen-bond acceptors (Lipinski definition) is 13. The third-order valence-electron chi connectivity index (χ3n) is 6.85. The van der Waals surface area contributed by atoms with Crippen molar-refractivity contribution in [2.24, 2.45) is 5.11 Å². The molecule has 3 aromatic rings. The van der Waals surface area contributed by atoms with Crippen LogP contribution in [0.3, 0.4) is 0 Å². The molecule has 2 aromatic heterocycles. The Balaban J connectivity index is 1.61. The first-order chi connectivity index (χ1) is 21.4. The maximum Gasteiger partial charge on any atom is 0.459 e. The van der Waals surface area contributed by atoms with Crippen LogP contribution in [0.15, 0.2) is 35.7 Å². The van der Waals surface area contributed by atoms with E-state index in [4.69, 9.17) is 40.6 Å². The molecule has 0 saturated carbocycles. The number of halogens is 1. The number of imidazole rings is 1. The third-order valence-corrected chi connectivity index (χ3v) is 8.75. The summed E-state index contributed by atoms with van der Waals surface area (Å²) in [4.78, 5) is 28.1. The van der Waals surface area contributed by atoms with E-state index in [-0.39, 0.29) is 42.0 Å². The minimum atomic E-state index is -4.34. The summed E-state index contributed by atoms with van der Waals surface area (Å²) in [5.74, 6) is -0.514. The molecule has 3 heterocycles. The summed E-state index contributed by atoms with van der Waals surface area (Å²) < 4.78 is 43.7. The van der Waals surface area contributed by atoms with Gasteiger partial charge in [0, 0.05) is 9.93 Å². The molecule has 0 amide bonds. The molecule has 6 atom stereocenters. The van der Waals surface area contributed by atoms with Gasteiger partial charge in [-0.05, 0) is 57.0 Å². The van der Waals surface area contributed by atoms with Crippen LogP contribution in [0, 0.1) is 0 Å². The second kappa shape index (κ2) is 14.6. The van der Waals surface area contributed by atoms with Crippen LogP contribution in [0.1, 0.15) is 46.8 Å². The lowest BCUT2D eigenvalue weighted by Gasteiger charge is -2.28. The van der Waals surface area contributed by atoms with Gasteiger partial charge in [-0.3, -0.25) is 13.9 Å². The number of aliphatic hydroxyl groups is 1. The molecule has 0 spiro atoms. The highest BCUT2D eigenvalue weighted by atomic mass is 35.5. The van der Waals surface area contributed by atoms with Crippen LogP contribution >= 0.6 is 19.3 Å². The van der Waals surface area contributed by atoms with E-state index in [2.05, 4.69) is 30.1 Å². The van der Waals surface area contributed by atoms with E-state index >= 15 is 0 Å². The number of fused-ring (bicyclic) bond motifs is 1. The normalized spacial score (nSPS) is 23.2. The molecule has 19 heteroatoms. The number of unbranched alkanes of at least 4 members (excludes halogenated alkanes) is 1. The first kappa shape index (κ1) is 34.2. The number of rotatable bonds is 15. The van der Waals surface area contributed by atoms with Gasteiger partial charge in [0.1, 0.15) is 23.4 Å². The van der Waals surface area contributed by atoms with Gasteiger partial charge >= 0.3 is 13.7 Å². The molecule has 1 aliphatic heterocycles. The summed E-state index contributed by atoms with van der Waals surface area (Å²) in [6, 6.07) is 4.87. The molecule has 244 valence electrons. The van der Waals surface area contributed by atoms with Crippen molar-refractivity contribution in [2.75, 3.05) is 25.6 Å². The fourth-order valence-corrected chi connectivity index (χ4v) is 6.15. The van der Waals surface area contributed by atoms with Crippen molar-refractivity contribution in [3.05, 3.63) is 46.1 Å². The second-order valence-corrected chi connectivity index (χ2v) is 12.4. The number of azide groups is 1. The van der Waals surface area contributed by atoms with Gasteiger partial charge in [0.2, 0.25) is 11.8 Å². The zero-order valence-electron chi connectivity index (χ0n) is 25.1. The van der Waals surface area contributed by atoms with Gasteiger partial charge in [-0.2, -0.15) is 15.1 Å². The number of aromatic nitrogens is 4. The van der Waals surface area contributed by atoms with Gasteiger partial charge in [-0.1, -0.05) is 30.1 Å². The Hall–Kier alpha value is -3.69. The second-order valence-electron chi connectivity index (χ2n) is 10.2. The lowest BCUT2D eigenvalue weighted by molar-refractivity contribution is -0.145. The van der Waals surface area contributed by atoms with Crippen LogP contribution in [0.2, 0.25) is 5.02 Å². The van der Waals surface area contributed by atoms with E-state index in [1.54, 1.807) is 6.92 Å². The molecule has 1 saturated heterocycles. The number of hydrogen-bond donors (Lipinski definition) is 3. The molecule has 0 aliphatic carbocycles. The predicted molar refractivity (Wildman–Crippen MR) is 162 cm³/mol. The van der Waals surface area contributed by atoms with Gasteiger partial charge in [-0.15, -0.1) is 0 Å². The van der Waals surface area contributed by atoms with E-state index in [9.17, 15) is 20.0 Å². The number of ether oxygens (including phenoxy) is 3. The summed E-state index contributed by atoms with van der Waals surface area (Å²) >= 11 is 5.97. The smallest absolute Gasteiger partial charge is 0.459 e. The van der Waals surface area contributed by atoms with Crippen LogP contribution in [0.5, 0.6) is 11.6 Å². The highest BCUT2D eigenvalue weighted by molar-refractivity contribution is 7.52. The quantitative estimate of drug-likeness (QED) is 0.0512. The number of aliphatic hydroxyl groups excluding tert-OH is 1. The molecule has 0 radical (unpaired) electrons. The topological polar surface area (TPSA) is 231 Å². The Kier molecular flexibility index (Phi) is 11.1. The fourth-order valence-electron chi connectivity index (χ4n) is 4.53. The van der Waals surface area contributed by atoms with Crippen molar-refractivity contribution >= 4 is 42.4 Å². The van der Waals surface area contributed by atoms with Gasteiger partial charge < -0.3 is 29.6 Å². The maximum absolute atomic E-state index is 14.0. The van der Waals surface area contributed by atoms with Crippen LogP contribution in [-0.4, -0.2) is 74.2 Å². The maximum atomic E-state index is 14.0. The molecule has 4 rings (SSSR count). The highest BCUT2D eigenvalue weighted by Gasteiger charge is 2.55. The standard InChI is InChI=1S/C26H35ClN9O8P/c1-5-7-12-41-23(38)15(3)33-45(39,44-17-10-8-16(27)9-11-17)42-13-18-20(37)26(4,34-35-29)24(43-18)36-14-30-19-21(36)31-25(28)32-22(19)40-6-2/h8-11,14-15,18,20,24,37H,5-7,12-13H2,1-4H3,(H,33,39)(H2,28,31,32)/t15-,18+,20+,24+,26+,45?/m0/s1. The number of anilines is 1. The lowest BCUT2D eigenvalue weighted by atomic mass is 9.93. The molecule has 1 aromatic carbocycles. The summed E-state index contributed by atoms with van der Waals surface area (Å²) in [5, 5.41) is 18.2. The number of nitrogens with two attached hydrogens (primary N) is 1. The number of carbonyl (C=O) groups excluding carboxylic acids is 1. The average molecular weight is 668 g/mol. The molecule has 1 aliphatic rings. The fraction of sp³-hybridized carbons (Fsp3) is 0.538. The molecule has 0 bridgehead atoms. The number of nitrogens with one attached hydrogen (secondary N) is 1. The predicted octanol–water partition coefficient (Wildman–Crippen LogP) is 4.31. The van der Waals surface area contributed by atoms with Crippen molar-refractivity contribution in [1.82, 2.24) is 24.6 Å². The SMILES string of the molecule is CCCCOC(=O)[C@H](C)NP(=O)(OC[C@H]1O[C@@H](n2cnc3c(OCC)nc(N)nc32)[C@](C)(N=[N+]=[N-])[C@@H]1O)Oc1ccc(Cl)cc1. The molecular formula is C26H35ClN9O8P. The van der Waals surface area contributed by atoms with Crippen LogP contribution in [0.4, 0.5) is 5.95 Å². The highest BCUT2D eigenvalue weighted by Crippen LogP contribution is 2.48. The van der Waals surface area contributed by atoms with E-state index in [0.29, 0.717) is 11.4 Å². The van der Waals surface area contributed by atoms with Crippen LogP contribution in [-0.2, 0) is 23.4 Å². The largest absolute Gasteiger partial charge is 0.476 e. The molecule has 1 fully saturated rings. The first-order valence-electron chi connectivity index (χ1n) is 14.1. The average Bonchev–Trinajstić information content (AvgIpc) is 3.51. The van der Waals surface area contributed by atoms with Gasteiger partial charge in [0.05, 0.1) is 32.3 Å². The zero-order valence-corrected chi connectivity index (χ0v) is 26.7. The van der Waals surface area contributed by atoms with Gasteiger partial charge in [0.25, 0.3) is 0 Å². The lowest BCUT2D eigenvalue weighted by Crippen LogP contribution is -2.43. The van der Waals surface area contributed by atoms with Crippen molar-refractivity contribution < 1.29 is 37.7 Å². The van der Waals surface area contributed by atoms with E-state index < -0.39 is 50.3 Å². The summed E-state index contributed by atoms with van der Waals surface area (Å²) in [7, 11) is -4.34. The Morgan fingerprint density at radius 3 is 2.76 bits per heavy atom. The van der Waals surface area contributed by atoms with Gasteiger partial charge in [-0.25, -0.2) is 9.55 Å². The summed E-state index contributed by atoms with van der Waals surface area (Å²) in [6.45, 7) is 6.58. The summed E-state index contributed by atoms with van der Waals surface area (Å²) in [6.07, 6.45) is -1.05. The van der Waals surface area contributed by atoms with Gasteiger partial charge in [0.15, 0.2) is 17.4 Å². The first-order valence-corrected chi connectivity index (χ1v) is 16.0. The Morgan fingerprint density at radius 1 is 1.36 bits per heavy atom. The van der Waals surface area contributed by atoms with Crippen LogP contribution in [0.25, 0.3) is 21.6 Å². The molecule has 17 nitrogen and oxygen atoms in total. The Morgan fingerprint density at radius 2 is 2.09 bits per heavy atom. The van der Waals surface area contributed by atoms with Crippen molar-refractivity contribution in [3.63, 3.8) is 0 Å². The molecule has 1 unspecified atom stereocenters. The van der Waals surface area contributed by atoms with Crippen LogP contribution < -0.4 is 20.1 Å². The Labute approximate surface area is 263 Å².